The second-order valence-electron chi connectivity index (χ2n) is 6.46. The van der Waals surface area contributed by atoms with Crippen molar-refractivity contribution in [1.29, 1.82) is 0 Å². The average molecular weight is 226 g/mol. The van der Waals surface area contributed by atoms with Crippen LogP contribution in [-0.4, -0.2) is 30.1 Å². The highest BCUT2D eigenvalue weighted by atomic mass is 15.2. The van der Waals surface area contributed by atoms with Crippen molar-refractivity contribution in [3.63, 3.8) is 0 Å². The molecule has 1 saturated carbocycles. The van der Waals surface area contributed by atoms with Crippen LogP contribution in [0.15, 0.2) is 0 Å². The summed E-state index contributed by atoms with van der Waals surface area (Å²) >= 11 is 0. The lowest BCUT2D eigenvalue weighted by atomic mass is 9.63. The molecule has 0 aromatic heterocycles. The van der Waals surface area contributed by atoms with Crippen molar-refractivity contribution < 1.29 is 0 Å². The fourth-order valence-corrected chi connectivity index (χ4v) is 4.12. The number of nitrogens with two attached hydrogens (primary N) is 1. The molecule has 0 radical (unpaired) electrons. The van der Waals surface area contributed by atoms with Crippen LogP contribution in [0.5, 0.6) is 0 Å². The number of likely N-dealkylation sites (N-methyl/N-ethyl adjacent to an activating group) is 1. The van der Waals surface area contributed by atoms with E-state index in [0.717, 1.165) is 25.6 Å². The largest absolute Gasteiger partial charge is 0.329 e. The fraction of sp³-hybridized carbons (Fsp3) is 1.00. The van der Waals surface area contributed by atoms with Crippen LogP contribution < -0.4 is 5.73 Å². The molecule has 0 aliphatic heterocycles. The Bertz CT molecular complexity index is 221. The Morgan fingerprint density at radius 3 is 2.12 bits per heavy atom. The van der Waals surface area contributed by atoms with Gasteiger partial charge in [-0.25, -0.2) is 0 Å². The molecule has 0 spiro atoms. The highest BCUT2D eigenvalue weighted by molar-refractivity contribution is 5.00. The Hall–Kier alpha value is -0.0800. The molecule has 1 fully saturated rings. The van der Waals surface area contributed by atoms with Crippen molar-refractivity contribution in [3.8, 4) is 0 Å². The topological polar surface area (TPSA) is 29.3 Å². The van der Waals surface area contributed by atoms with E-state index < -0.39 is 0 Å². The van der Waals surface area contributed by atoms with Crippen molar-refractivity contribution in [2.24, 2.45) is 17.1 Å². The van der Waals surface area contributed by atoms with E-state index in [1.807, 2.05) is 0 Å². The molecule has 2 atom stereocenters. The Balaban J connectivity index is 2.93. The van der Waals surface area contributed by atoms with Gasteiger partial charge in [-0.1, -0.05) is 34.6 Å². The van der Waals surface area contributed by atoms with Crippen LogP contribution in [0.25, 0.3) is 0 Å². The average Bonchev–Trinajstić information content (AvgIpc) is 2.16. The predicted molar refractivity (Wildman–Crippen MR) is 71.5 cm³/mol. The molecule has 0 heterocycles. The Kier molecular flexibility index (Phi) is 4.42. The third-order valence-corrected chi connectivity index (χ3v) is 4.25. The summed E-state index contributed by atoms with van der Waals surface area (Å²) in [6.45, 7) is 14.7. The Morgan fingerprint density at radius 1 is 1.19 bits per heavy atom. The van der Waals surface area contributed by atoms with E-state index in [-0.39, 0.29) is 5.54 Å². The first-order valence-electron chi connectivity index (χ1n) is 6.84. The number of rotatable bonds is 4. The van der Waals surface area contributed by atoms with E-state index in [1.54, 1.807) is 0 Å². The van der Waals surface area contributed by atoms with Gasteiger partial charge in [0.15, 0.2) is 0 Å². The van der Waals surface area contributed by atoms with Crippen LogP contribution in [0.2, 0.25) is 0 Å². The molecule has 2 heteroatoms. The second kappa shape index (κ2) is 5.05. The van der Waals surface area contributed by atoms with Gasteiger partial charge in [0.1, 0.15) is 0 Å². The molecule has 1 aliphatic carbocycles. The summed E-state index contributed by atoms with van der Waals surface area (Å²) in [5.74, 6) is 0.799. The molecular formula is C14H30N2. The molecule has 2 unspecified atom stereocenters. The lowest BCUT2D eigenvalue weighted by Gasteiger charge is -2.52. The Labute approximate surface area is 102 Å². The maximum atomic E-state index is 6.13. The predicted octanol–water partition coefficient (Wildman–Crippen LogP) is 2.87. The van der Waals surface area contributed by atoms with Crippen molar-refractivity contribution in [2.75, 3.05) is 19.6 Å². The standard InChI is InChI=1S/C14H30N2/c1-6-16(7-2)14(11-15)9-12(3)8-13(4,5)10-14/h12H,6-11,15H2,1-5H3. The van der Waals surface area contributed by atoms with E-state index in [1.165, 1.54) is 19.3 Å². The fourth-order valence-electron chi connectivity index (χ4n) is 4.12. The molecule has 0 saturated heterocycles. The van der Waals surface area contributed by atoms with E-state index in [4.69, 9.17) is 5.73 Å². The van der Waals surface area contributed by atoms with E-state index in [2.05, 4.69) is 39.5 Å². The van der Waals surface area contributed by atoms with Gasteiger partial charge in [-0.15, -0.1) is 0 Å². The van der Waals surface area contributed by atoms with Crippen molar-refractivity contribution >= 4 is 0 Å². The third-order valence-electron chi connectivity index (χ3n) is 4.25. The molecule has 96 valence electrons. The maximum Gasteiger partial charge on any atom is 0.0339 e. The number of hydrogen-bond acceptors (Lipinski definition) is 2. The minimum Gasteiger partial charge on any atom is -0.329 e. The zero-order valence-corrected chi connectivity index (χ0v) is 11.8. The van der Waals surface area contributed by atoms with Gasteiger partial charge in [0.2, 0.25) is 0 Å². The van der Waals surface area contributed by atoms with Gasteiger partial charge in [-0.05, 0) is 43.7 Å². The first-order chi connectivity index (χ1) is 7.39. The summed E-state index contributed by atoms with van der Waals surface area (Å²) in [6.07, 6.45) is 3.87. The molecule has 2 nitrogen and oxygen atoms in total. The SMILES string of the molecule is CCN(CC)C1(CN)CC(C)CC(C)(C)C1. The van der Waals surface area contributed by atoms with Crippen LogP contribution in [0.3, 0.4) is 0 Å². The van der Waals surface area contributed by atoms with Gasteiger partial charge < -0.3 is 5.73 Å². The maximum absolute atomic E-state index is 6.13. The number of hydrogen-bond donors (Lipinski definition) is 1. The molecule has 0 aromatic carbocycles. The lowest BCUT2D eigenvalue weighted by molar-refractivity contribution is -0.00598. The van der Waals surface area contributed by atoms with E-state index >= 15 is 0 Å². The first kappa shape index (κ1) is 14.0. The van der Waals surface area contributed by atoms with Crippen molar-refractivity contribution in [3.05, 3.63) is 0 Å². The quantitative estimate of drug-likeness (QED) is 0.798. The van der Waals surface area contributed by atoms with E-state index in [0.29, 0.717) is 5.41 Å². The highest BCUT2D eigenvalue weighted by Gasteiger charge is 2.44. The summed E-state index contributed by atoms with van der Waals surface area (Å²) in [6, 6.07) is 0. The van der Waals surface area contributed by atoms with Crippen molar-refractivity contribution in [1.82, 2.24) is 4.90 Å². The van der Waals surface area contributed by atoms with Gasteiger partial charge in [0, 0.05) is 12.1 Å². The monoisotopic (exact) mass is 226 g/mol. The molecule has 0 aromatic rings. The molecule has 1 aliphatic rings. The molecule has 16 heavy (non-hydrogen) atoms. The Morgan fingerprint density at radius 2 is 1.75 bits per heavy atom. The summed E-state index contributed by atoms with van der Waals surface area (Å²) in [4.78, 5) is 2.59. The normalized spacial score (nSPS) is 34.3. The zero-order chi connectivity index (χ0) is 12.4. The van der Waals surface area contributed by atoms with Gasteiger partial charge >= 0.3 is 0 Å². The van der Waals surface area contributed by atoms with Gasteiger partial charge in [0.25, 0.3) is 0 Å². The first-order valence-corrected chi connectivity index (χ1v) is 6.84. The highest BCUT2D eigenvalue weighted by Crippen LogP contribution is 2.46. The van der Waals surface area contributed by atoms with Crippen LogP contribution in [0, 0.1) is 11.3 Å². The molecule has 0 bridgehead atoms. The second-order valence-corrected chi connectivity index (χ2v) is 6.46. The smallest absolute Gasteiger partial charge is 0.0339 e. The molecular weight excluding hydrogens is 196 g/mol. The summed E-state index contributed by atoms with van der Waals surface area (Å²) in [5.41, 5.74) is 6.83. The number of nitrogens with zero attached hydrogens (tertiary/aromatic N) is 1. The van der Waals surface area contributed by atoms with Gasteiger partial charge in [-0.2, -0.15) is 0 Å². The minimum atomic E-state index is 0.255. The zero-order valence-electron chi connectivity index (χ0n) is 11.8. The van der Waals surface area contributed by atoms with Crippen LogP contribution in [0.4, 0.5) is 0 Å². The molecule has 1 rings (SSSR count). The lowest BCUT2D eigenvalue weighted by Crippen LogP contribution is -2.58. The third kappa shape index (κ3) is 2.78. The van der Waals surface area contributed by atoms with Crippen LogP contribution >= 0.6 is 0 Å². The van der Waals surface area contributed by atoms with Gasteiger partial charge in [-0.3, -0.25) is 4.90 Å². The summed E-state index contributed by atoms with van der Waals surface area (Å²) in [5, 5.41) is 0. The van der Waals surface area contributed by atoms with Crippen LogP contribution in [0.1, 0.15) is 53.9 Å². The molecule has 0 amide bonds. The van der Waals surface area contributed by atoms with E-state index in [9.17, 15) is 0 Å². The summed E-state index contributed by atoms with van der Waals surface area (Å²) < 4.78 is 0. The molecule has 2 N–H and O–H groups in total. The van der Waals surface area contributed by atoms with Gasteiger partial charge in [0.05, 0.1) is 0 Å². The minimum absolute atomic E-state index is 0.255. The van der Waals surface area contributed by atoms with Crippen molar-refractivity contribution in [2.45, 2.75) is 59.4 Å². The summed E-state index contributed by atoms with van der Waals surface area (Å²) in [7, 11) is 0. The van der Waals surface area contributed by atoms with Crippen LogP contribution in [-0.2, 0) is 0 Å².